The van der Waals surface area contributed by atoms with E-state index in [9.17, 15) is 14.9 Å². The van der Waals surface area contributed by atoms with Crippen molar-refractivity contribution in [3.8, 4) is 0 Å². The smallest absolute Gasteiger partial charge is 0.269 e. The molecule has 136 valence electrons. The summed E-state index contributed by atoms with van der Waals surface area (Å²) in [5.74, 6) is 0.128. The number of carbonyl (C=O) groups excluding carboxylic acids is 1. The van der Waals surface area contributed by atoms with E-state index in [0.29, 0.717) is 6.54 Å². The Morgan fingerprint density at radius 2 is 1.73 bits per heavy atom. The van der Waals surface area contributed by atoms with Crippen molar-refractivity contribution >= 4 is 17.3 Å². The molecule has 0 saturated carbocycles. The molecule has 0 unspecified atom stereocenters. The second-order valence-corrected chi connectivity index (χ2v) is 6.74. The molecule has 26 heavy (non-hydrogen) atoms. The molecule has 2 aromatic rings. The summed E-state index contributed by atoms with van der Waals surface area (Å²) in [6, 6.07) is 14.8. The van der Waals surface area contributed by atoms with Crippen LogP contribution < -0.4 is 10.2 Å². The predicted molar refractivity (Wildman–Crippen MR) is 101 cm³/mol. The van der Waals surface area contributed by atoms with Crippen LogP contribution in [0.1, 0.15) is 24.0 Å². The maximum absolute atomic E-state index is 12.4. The largest absolute Gasteiger partial charge is 0.371 e. The zero-order valence-corrected chi connectivity index (χ0v) is 14.9. The second-order valence-electron chi connectivity index (χ2n) is 6.74. The highest BCUT2D eigenvalue weighted by Crippen LogP contribution is 2.25. The number of hydrogen-bond donors (Lipinski definition) is 1. The minimum atomic E-state index is -0.394. The predicted octanol–water partition coefficient (Wildman–Crippen LogP) is 3.44. The van der Waals surface area contributed by atoms with Crippen LogP contribution in [0.5, 0.6) is 0 Å². The van der Waals surface area contributed by atoms with Crippen LogP contribution >= 0.6 is 0 Å². The van der Waals surface area contributed by atoms with Gasteiger partial charge >= 0.3 is 0 Å². The molecule has 1 amide bonds. The fourth-order valence-electron chi connectivity index (χ4n) is 3.22. The van der Waals surface area contributed by atoms with E-state index in [1.165, 1.54) is 17.7 Å². The number of non-ortho nitro benzene ring substituents is 1. The minimum absolute atomic E-state index is 0.0229. The standard InChI is InChI=1S/C20H23N3O3/c1-15-2-4-16(5-3-15)14-21-20(24)17-10-12-22(13-11-17)18-6-8-19(9-7-18)23(25)26/h2-9,17H,10-14H2,1H3,(H,21,24). The van der Waals surface area contributed by atoms with Crippen molar-refractivity contribution in [2.24, 2.45) is 5.92 Å². The maximum Gasteiger partial charge on any atom is 0.269 e. The van der Waals surface area contributed by atoms with Crippen LogP contribution in [-0.4, -0.2) is 23.9 Å². The first-order valence-electron chi connectivity index (χ1n) is 8.85. The molecule has 0 atom stereocenters. The van der Waals surface area contributed by atoms with Gasteiger partial charge in [0, 0.05) is 43.4 Å². The van der Waals surface area contributed by atoms with Gasteiger partial charge in [-0.1, -0.05) is 29.8 Å². The van der Waals surface area contributed by atoms with E-state index in [2.05, 4.69) is 10.2 Å². The lowest BCUT2D eigenvalue weighted by molar-refractivity contribution is -0.384. The fraction of sp³-hybridized carbons (Fsp3) is 0.350. The van der Waals surface area contributed by atoms with Crippen LogP contribution in [0.15, 0.2) is 48.5 Å². The van der Waals surface area contributed by atoms with Gasteiger partial charge in [-0.2, -0.15) is 0 Å². The Hall–Kier alpha value is -2.89. The Labute approximate surface area is 153 Å². The van der Waals surface area contributed by atoms with Gasteiger partial charge in [0.15, 0.2) is 0 Å². The van der Waals surface area contributed by atoms with Gasteiger partial charge in [0.2, 0.25) is 5.91 Å². The van der Waals surface area contributed by atoms with Gasteiger partial charge in [-0.3, -0.25) is 14.9 Å². The van der Waals surface area contributed by atoms with Crippen molar-refractivity contribution < 1.29 is 9.72 Å². The third kappa shape index (κ3) is 4.39. The number of nitrogens with zero attached hydrogens (tertiary/aromatic N) is 2. The molecule has 1 aliphatic heterocycles. The third-order valence-electron chi connectivity index (χ3n) is 4.88. The van der Waals surface area contributed by atoms with Crippen molar-refractivity contribution in [3.05, 3.63) is 69.8 Å². The summed E-state index contributed by atoms with van der Waals surface area (Å²) in [4.78, 5) is 24.9. The van der Waals surface area contributed by atoms with Crippen LogP contribution in [0.3, 0.4) is 0 Å². The molecule has 0 radical (unpaired) electrons. The van der Waals surface area contributed by atoms with Crippen LogP contribution in [-0.2, 0) is 11.3 Å². The van der Waals surface area contributed by atoms with Gasteiger partial charge in [-0.25, -0.2) is 0 Å². The van der Waals surface area contributed by atoms with Gasteiger partial charge in [0.25, 0.3) is 5.69 Å². The average molecular weight is 353 g/mol. The van der Waals surface area contributed by atoms with Crippen molar-refractivity contribution in [2.75, 3.05) is 18.0 Å². The molecule has 0 aliphatic carbocycles. The molecule has 0 bridgehead atoms. The zero-order chi connectivity index (χ0) is 18.5. The molecule has 1 saturated heterocycles. The summed E-state index contributed by atoms with van der Waals surface area (Å²) in [6.45, 7) is 4.16. The lowest BCUT2D eigenvalue weighted by Crippen LogP contribution is -2.40. The molecule has 0 spiro atoms. The first kappa shape index (κ1) is 17.9. The molecular weight excluding hydrogens is 330 g/mol. The minimum Gasteiger partial charge on any atom is -0.371 e. The SMILES string of the molecule is Cc1ccc(CNC(=O)C2CCN(c3ccc([N+](=O)[O-])cc3)CC2)cc1. The molecule has 6 nitrogen and oxygen atoms in total. The normalized spacial score (nSPS) is 14.9. The number of aryl methyl sites for hydroxylation is 1. The summed E-state index contributed by atoms with van der Waals surface area (Å²) >= 11 is 0. The molecule has 6 heteroatoms. The highest BCUT2D eigenvalue weighted by atomic mass is 16.6. The number of carbonyl (C=O) groups is 1. The molecule has 1 heterocycles. The van der Waals surface area contributed by atoms with Crippen molar-refractivity contribution in [1.29, 1.82) is 0 Å². The number of piperidine rings is 1. The van der Waals surface area contributed by atoms with Gasteiger partial charge in [0.1, 0.15) is 0 Å². The number of anilines is 1. The van der Waals surface area contributed by atoms with E-state index in [4.69, 9.17) is 0 Å². The summed E-state index contributed by atoms with van der Waals surface area (Å²) < 4.78 is 0. The van der Waals surface area contributed by atoms with E-state index in [0.717, 1.165) is 37.2 Å². The zero-order valence-electron chi connectivity index (χ0n) is 14.9. The van der Waals surface area contributed by atoms with Crippen molar-refractivity contribution in [2.45, 2.75) is 26.3 Å². The summed E-state index contributed by atoms with van der Waals surface area (Å²) in [7, 11) is 0. The van der Waals surface area contributed by atoms with Crippen LogP contribution in [0.2, 0.25) is 0 Å². The van der Waals surface area contributed by atoms with Gasteiger partial charge in [0.05, 0.1) is 4.92 Å². The Balaban J connectivity index is 1.48. The average Bonchev–Trinajstić information content (AvgIpc) is 2.67. The van der Waals surface area contributed by atoms with E-state index in [-0.39, 0.29) is 17.5 Å². The molecule has 1 fully saturated rings. The molecule has 3 rings (SSSR count). The fourth-order valence-corrected chi connectivity index (χ4v) is 3.22. The Morgan fingerprint density at radius 1 is 1.12 bits per heavy atom. The van der Waals surface area contributed by atoms with E-state index in [1.807, 2.05) is 31.2 Å². The third-order valence-corrected chi connectivity index (χ3v) is 4.88. The Kier molecular flexibility index (Phi) is 5.51. The number of nitrogens with one attached hydrogen (secondary N) is 1. The molecule has 1 N–H and O–H groups in total. The van der Waals surface area contributed by atoms with Crippen LogP contribution in [0.25, 0.3) is 0 Å². The highest BCUT2D eigenvalue weighted by Gasteiger charge is 2.25. The molecule has 0 aromatic heterocycles. The topological polar surface area (TPSA) is 75.5 Å². The second kappa shape index (κ2) is 7.99. The van der Waals surface area contributed by atoms with E-state index < -0.39 is 4.92 Å². The number of benzene rings is 2. The Bertz CT molecular complexity index is 764. The molecular formula is C20H23N3O3. The molecule has 1 aliphatic rings. The van der Waals surface area contributed by atoms with Crippen molar-refractivity contribution in [1.82, 2.24) is 5.32 Å². The van der Waals surface area contributed by atoms with Crippen LogP contribution in [0.4, 0.5) is 11.4 Å². The number of hydrogen-bond acceptors (Lipinski definition) is 4. The summed E-state index contributed by atoms with van der Waals surface area (Å²) in [6.07, 6.45) is 1.58. The monoisotopic (exact) mass is 353 g/mol. The van der Waals surface area contributed by atoms with E-state index >= 15 is 0 Å². The Morgan fingerprint density at radius 3 is 2.31 bits per heavy atom. The van der Waals surface area contributed by atoms with Gasteiger partial charge < -0.3 is 10.2 Å². The lowest BCUT2D eigenvalue weighted by atomic mass is 9.95. The maximum atomic E-state index is 12.4. The van der Waals surface area contributed by atoms with Crippen molar-refractivity contribution in [3.63, 3.8) is 0 Å². The molecule has 2 aromatic carbocycles. The summed E-state index contributed by atoms with van der Waals surface area (Å²) in [5.41, 5.74) is 3.37. The number of amides is 1. The lowest BCUT2D eigenvalue weighted by Gasteiger charge is -2.33. The highest BCUT2D eigenvalue weighted by molar-refractivity contribution is 5.79. The number of nitro benzene ring substituents is 1. The quantitative estimate of drug-likeness (QED) is 0.660. The number of rotatable bonds is 5. The van der Waals surface area contributed by atoms with E-state index in [1.54, 1.807) is 12.1 Å². The van der Waals surface area contributed by atoms with Gasteiger partial charge in [-0.05, 0) is 37.5 Å². The van der Waals surface area contributed by atoms with Gasteiger partial charge in [-0.15, -0.1) is 0 Å². The first-order valence-corrected chi connectivity index (χ1v) is 8.85. The number of nitro groups is 1. The first-order chi connectivity index (χ1) is 12.5. The van der Waals surface area contributed by atoms with Crippen LogP contribution in [0, 0.1) is 23.0 Å². The summed E-state index contributed by atoms with van der Waals surface area (Å²) in [5, 5.41) is 13.8.